The molecule has 0 radical (unpaired) electrons. The van der Waals surface area contributed by atoms with Crippen molar-refractivity contribution in [3.63, 3.8) is 0 Å². The number of hydrogen-bond donors (Lipinski definition) is 0. The first-order chi connectivity index (χ1) is 11.8. The van der Waals surface area contributed by atoms with E-state index < -0.39 is 0 Å². The van der Waals surface area contributed by atoms with Crippen LogP contribution in [0.3, 0.4) is 0 Å². The second kappa shape index (κ2) is 7.46. The highest BCUT2D eigenvalue weighted by atomic mass is 16.5. The lowest BCUT2D eigenvalue weighted by Crippen LogP contribution is -2.29. The topological polar surface area (TPSA) is 55.6 Å². The fourth-order valence-corrected chi connectivity index (χ4v) is 2.42. The standard InChI is InChI=1S/C19H18N2O3/c1-23-18-12-17(24-20-18)19(22)21(13-15-8-4-2-5-9-15)14-16-10-6-3-7-11-16/h2-12H,13-14H2,1H3. The first-order valence-electron chi connectivity index (χ1n) is 7.64. The molecule has 0 saturated carbocycles. The van der Waals surface area contributed by atoms with Crippen molar-refractivity contribution in [2.45, 2.75) is 13.1 Å². The summed E-state index contributed by atoms with van der Waals surface area (Å²) in [6, 6.07) is 21.2. The van der Waals surface area contributed by atoms with Gasteiger partial charge >= 0.3 is 0 Å². The van der Waals surface area contributed by atoms with Gasteiger partial charge in [-0.1, -0.05) is 60.7 Å². The van der Waals surface area contributed by atoms with Gasteiger partial charge in [0.25, 0.3) is 11.8 Å². The van der Waals surface area contributed by atoms with Gasteiger partial charge < -0.3 is 14.2 Å². The van der Waals surface area contributed by atoms with E-state index >= 15 is 0 Å². The zero-order chi connectivity index (χ0) is 16.8. The van der Waals surface area contributed by atoms with Gasteiger partial charge in [-0.2, -0.15) is 0 Å². The maximum atomic E-state index is 12.8. The molecule has 0 saturated heterocycles. The van der Waals surface area contributed by atoms with Crippen molar-refractivity contribution < 1.29 is 14.1 Å². The Balaban J connectivity index is 1.84. The van der Waals surface area contributed by atoms with Crippen LogP contribution in [-0.4, -0.2) is 23.1 Å². The largest absolute Gasteiger partial charge is 0.479 e. The molecule has 0 aliphatic rings. The van der Waals surface area contributed by atoms with Crippen molar-refractivity contribution in [1.82, 2.24) is 10.1 Å². The van der Waals surface area contributed by atoms with Gasteiger partial charge in [-0.25, -0.2) is 0 Å². The Hall–Kier alpha value is -3.08. The Bertz CT molecular complexity index is 743. The number of benzene rings is 2. The number of carbonyl (C=O) groups excluding carboxylic acids is 1. The quantitative estimate of drug-likeness (QED) is 0.697. The second-order valence-corrected chi connectivity index (χ2v) is 5.37. The van der Waals surface area contributed by atoms with Crippen LogP contribution < -0.4 is 4.74 Å². The molecule has 0 unspecified atom stereocenters. The van der Waals surface area contributed by atoms with Gasteiger partial charge in [0.1, 0.15) is 0 Å². The lowest BCUT2D eigenvalue weighted by molar-refractivity contribution is 0.0687. The predicted octanol–water partition coefficient (Wildman–Crippen LogP) is 3.53. The predicted molar refractivity (Wildman–Crippen MR) is 89.5 cm³/mol. The molecule has 3 rings (SSSR count). The van der Waals surface area contributed by atoms with E-state index in [0.29, 0.717) is 13.1 Å². The minimum Gasteiger partial charge on any atom is -0.479 e. The molecule has 1 aromatic heterocycles. The first-order valence-corrected chi connectivity index (χ1v) is 7.64. The molecule has 1 amide bonds. The summed E-state index contributed by atoms with van der Waals surface area (Å²) in [4.78, 5) is 14.5. The molecule has 0 fully saturated rings. The molecule has 0 bridgehead atoms. The van der Waals surface area contributed by atoms with Crippen molar-refractivity contribution in [2.75, 3.05) is 7.11 Å². The van der Waals surface area contributed by atoms with Crippen LogP contribution in [0.15, 0.2) is 71.3 Å². The Labute approximate surface area is 140 Å². The van der Waals surface area contributed by atoms with Crippen molar-refractivity contribution in [3.05, 3.63) is 83.6 Å². The van der Waals surface area contributed by atoms with E-state index in [-0.39, 0.29) is 17.5 Å². The molecule has 0 N–H and O–H groups in total. The minimum absolute atomic E-state index is 0.165. The van der Waals surface area contributed by atoms with Crippen LogP contribution in [0.2, 0.25) is 0 Å². The molecule has 122 valence electrons. The van der Waals surface area contributed by atoms with E-state index in [1.165, 1.54) is 13.2 Å². The van der Waals surface area contributed by atoms with Crippen LogP contribution >= 0.6 is 0 Å². The molecule has 0 spiro atoms. The van der Waals surface area contributed by atoms with Crippen LogP contribution in [0.25, 0.3) is 0 Å². The van der Waals surface area contributed by atoms with Crippen LogP contribution in [0.4, 0.5) is 0 Å². The second-order valence-electron chi connectivity index (χ2n) is 5.37. The highest BCUT2D eigenvalue weighted by Gasteiger charge is 2.21. The summed E-state index contributed by atoms with van der Waals surface area (Å²) in [5.41, 5.74) is 2.10. The zero-order valence-electron chi connectivity index (χ0n) is 13.4. The summed E-state index contributed by atoms with van der Waals surface area (Å²) in [5.74, 6) is 0.231. The number of methoxy groups -OCH3 is 1. The third-order valence-corrected chi connectivity index (χ3v) is 3.63. The SMILES string of the molecule is COc1cc(C(=O)N(Cc2ccccc2)Cc2ccccc2)on1. The van der Waals surface area contributed by atoms with E-state index in [4.69, 9.17) is 9.26 Å². The third-order valence-electron chi connectivity index (χ3n) is 3.63. The van der Waals surface area contributed by atoms with Crippen LogP contribution in [0.5, 0.6) is 5.88 Å². The van der Waals surface area contributed by atoms with Gasteiger partial charge in [0.05, 0.1) is 13.2 Å². The van der Waals surface area contributed by atoms with Gasteiger partial charge in [-0.3, -0.25) is 4.79 Å². The number of carbonyl (C=O) groups is 1. The maximum absolute atomic E-state index is 12.8. The first kappa shape index (κ1) is 15.8. The molecule has 2 aromatic carbocycles. The van der Waals surface area contributed by atoms with Gasteiger partial charge in [-0.15, -0.1) is 0 Å². The Morgan fingerprint density at radius 1 is 1.00 bits per heavy atom. The van der Waals surface area contributed by atoms with E-state index in [2.05, 4.69) is 5.16 Å². The Morgan fingerprint density at radius 3 is 2.00 bits per heavy atom. The maximum Gasteiger partial charge on any atom is 0.293 e. The average Bonchev–Trinajstić information content (AvgIpc) is 3.11. The molecule has 0 atom stereocenters. The molecule has 0 aliphatic carbocycles. The fraction of sp³-hybridized carbons (Fsp3) is 0.158. The molecular formula is C19H18N2O3. The van der Waals surface area contributed by atoms with Gasteiger partial charge in [0, 0.05) is 13.1 Å². The van der Waals surface area contributed by atoms with Crippen LogP contribution in [0.1, 0.15) is 21.7 Å². The Morgan fingerprint density at radius 2 is 1.54 bits per heavy atom. The van der Waals surface area contributed by atoms with E-state index in [1.54, 1.807) is 4.90 Å². The summed E-state index contributed by atoms with van der Waals surface area (Å²) < 4.78 is 10.1. The highest BCUT2D eigenvalue weighted by Crippen LogP contribution is 2.17. The molecule has 5 heteroatoms. The average molecular weight is 322 g/mol. The smallest absolute Gasteiger partial charge is 0.293 e. The lowest BCUT2D eigenvalue weighted by Gasteiger charge is -2.21. The van der Waals surface area contributed by atoms with E-state index in [9.17, 15) is 4.79 Å². The van der Waals surface area contributed by atoms with Gasteiger partial charge in [-0.05, 0) is 16.3 Å². The third kappa shape index (κ3) is 3.81. The Kier molecular flexibility index (Phi) is 4.91. The number of aromatic nitrogens is 1. The number of amides is 1. The number of ether oxygens (including phenoxy) is 1. The van der Waals surface area contributed by atoms with Gasteiger partial charge in [0.15, 0.2) is 0 Å². The highest BCUT2D eigenvalue weighted by molar-refractivity contribution is 5.91. The number of rotatable bonds is 6. The monoisotopic (exact) mass is 322 g/mol. The fourth-order valence-electron chi connectivity index (χ4n) is 2.42. The minimum atomic E-state index is -0.224. The van der Waals surface area contributed by atoms with Crippen molar-refractivity contribution in [1.29, 1.82) is 0 Å². The van der Waals surface area contributed by atoms with Crippen molar-refractivity contribution >= 4 is 5.91 Å². The molecule has 3 aromatic rings. The summed E-state index contributed by atoms with van der Waals surface area (Å²) in [7, 11) is 1.48. The molecule has 5 nitrogen and oxygen atoms in total. The molecule has 0 aliphatic heterocycles. The number of hydrogen-bond acceptors (Lipinski definition) is 4. The summed E-state index contributed by atoms with van der Waals surface area (Å²) >= 11 is 0. The molecule has 24 heavy (non-hydrogen) atoms. The van der Waals surface area contributed by atoms with Gasteiger partial charge in [0.2, 0.25) is 5.76 Å². The lowest BCUT2D eigenvalue weighted by atomic mass is 10.1. The number of nitrogens with zero attached hydrogens (tertiary/aromatic N) is 2. The zero-order valence-corrected chi connectivity index (χ0v) is 13.4. The summed E-state index contributed by atoms with van der Waals surface area (Å²) in [6.07, 6.45) is 0. The normalized spacial score (nSPS) is 10.4. The van der Waals surface area contributed by atoms with Crippen LogP contribution in [0, 0.1) is 0 Å². The van der Waals surface area contributed by atoms with Crippen molar-refractivity contribution in [2.24, 2.45) is 0 Å². The van der Waals surface area contributed by atoms with Crippen LogP contribution in [-0.2, 0) is 13.1 Å². The molecular weight excluding hydrogens is 304 g/mol. The molecule has 1 heterocycles. The summed E-state index contributed by atoms with van der Waals surface area (Å²) in [5, 5.41) is 3.71. The van der Waals surface area contributed by atoms with E-state index in [0.717, 1.165) is 11.1 Å². The van der Waals surface area contributed by atoms with Crippen molar-refractivity contribution in [3.8, 4) is 5.88 Å². The van der Waals surface area contributed by atoms with E-state index in [1.807, 2.05) is 60.7 Å². The summed E-state index contributed by atoms with van der Waals surface area (Å²) in [6.45, 7) is 0.967.